The zero-order valence-electron chi connectivity index (χ0n) is 9.82. The highest BCUT2D eigenvalue weighted by atomic mass is 35.5. The zero-order chi connectivity index (χ0) is 13.3. The minimum absolute atomic E-state index is 0.354. The van der Waals surface area contributed by atoms with Gasteiger partial charge in [0.25, 0.3) is 0 Å². The zero-order valence-corrected chi connectivity index (χ0v) is 10.6. The van der Waals surface area contributed by atoms with Crippen molar-refractivity contribution >= 4 is 17.3 Å². The Bertz CT molecular complexity index is 584. The molecule has 0 heterocycles. The molecule has 0 spiro atoms. The van der Waals surface area contributed by atoms with E-state index in [2.05, 4.69) is 0 Å². The van der Waals surface area contributed by atoms with Gasteiger partial charge in [-0.3, -0.25) is 0 Å². The molecule has 2 aromatic carbocycles. The van der Waals surface area contributed by atoms with Crippen LogP contribution in [0.5, 0.6) is 0 Å². The van der Waals surface area contributed by atoms with Crippen molar-refractivity contribution in [1.29, 1.82) is 0 Å². The molecule has 0 aliphatic carbocycles. The molecule has 4 heteroatoms. The van der Waals surface area contributed by atoms with Crippen LogP contribution >= 0.6 is 11.6 Å². The fraction of sp³-hybridized carbons (Fsp3) is 0.143. The third kappa shape index (κ3) is 2.33. The summed E-state index contributed by atoms with van der Waals surface area (Å²) in [6.07, 6.45) is -0.987. The lowest BCUT2D eigenvalue weighted by molar-refractivity contribution is 0.219. The van der Waals surface area contributed by atoms with Gasteiger partial charge in [0.05, 0.1) is 0 Å². The van der Waals surface area contributed by atoms with Crippen LogP contribution in [-0.2, 0) is 0 Å². The fourth-order valence-corrected chi connectivity index (χ4v) is 2.05. The summed E-state index contributed by atoms with van der Waals surface area (Å²) in [4.78, 5) is 0. The number of aliphatic hydroxyl groups excluding tert-OH is 1. The summed E-state index contributed by atoms with van der Waals surface area (Å²) >= 11 is 5.88. The van der Waals surface area contributed by atoms with Crippen molar-refractivity contribution in [3.63, 3.8) is 0 Å². The van der Waals surface area contributed by atoms with Gasteiger partial charge in [0.1, 0.15) is 11.9 Å². The molecule has 0 amide bonds. The van der Waals surface area contributed by atoms with Gasteiger partial charge in [0.15, 0.2) is 0 Å². The average molecular weight is 266 g/mol. The number of nitrogens with two attached hydrogens (primary N) is 1. The van der Waals surface area contributed by atoms with Crippen molar-refractivity contribution < 1.29 is 9.50 Å². The van der Waals surface area contributed by atoms with E-state index in [1.54, 1.807) is 37.3 Å². The number of halogens is 2. The average Bonchev–Trinajstić information content (AvgIpc) is 2.35. The predicted octanol–water partition coefficient (Wildman–Crippen LogP) is 3.45. The molecular weight excluding hydrogens is 253 g/mol. The van der Waals surface area contributed by atoms with E-state index in [4.69, 9.17) is 17.3 Å². The van der Waals surface area contributed by atoms with Crippen LogP contribution in [0.4, 0.5) is 10.1 Å². The number of anilines is 1. The van der Waals surface area contributed by atoms with Crippen molar-refractivity contribution in [3.8, 4) is 0 Å². The normalized spacial score (nSPS) is 12.4. The maximum atomic E-state index is 13.5. The van der Waals surface area contributed by atoms with E-state index in [0.717, 1.165) is 0 Å². The molecule has 1 atom stereocenters. The first-order valence-corrected chi connectivity index (χ1v) is 5.86. The molecule has 2 aromatic rings. The largest absolute Gasteiger partial charge is 0.398 e. The summed E-state index contributed by atoms with van der Waals surface area (Å²) in [5.41, 5.74) is 7.61. The molecule has 2 nitrogen and oxygen atoms in total. The second-order valence-corrected chi connectivity index (χ2v) is 4.57. The van der Waals surface area contributed by atoms with E-state index in [0.29, 0.717) is 27.4 Å². The molecule has 3 N–H and O–H groups in total. The van der Waals surface area contributed by atoms with Gasteiger partial charge in [0, 0.05) is 16.3 Å². The SMILES string of the molecule is Cc1c(F)cccc1[C@H](O)c1cc(Cl)ccc1N. The van der Waals surface area contributed by atoms with Crippen LogP contribution in [0.3, 0.4) is 0 Å². The van der Waals surface area contributed by atoms with Crippen molar-refractivity contribution in [2.24, 2.45) is 0 Å². The summed E-state index contributed by atoms with van der Waals surface area (Å²) < 4.78 is 13.5. The molecule has 0 radical (unpaired) electrons. The Morgan fingerprint density at radius 3 is 2.67 bits per heavy atom. The maximum absolute atomic E-state index is 13.5. The Kier molecular flexibility index (Phi) is 3.55. The van der Waals surface area contributed by atoms with Gasteiger partial charge in [-0.15, -0.1) is 0 Å². The highest BCUT2D eigenvalue weighted by Gasteiger charge is 2.17. The van der Waals surface area contributed by atoms with Gasteiger partial charge in [-0.1, -0.05) is 23.7 Å². The summed E-state index contributed by atoms with van der Waals surface area (Å²) in [5, 5.41) is 10.8. The van der Waals surface area contributed by atoms with Crippen molar-refractivity contribution in [2.45, 2.75) is 13.0 Å². The Morgan fingerprint density at radius 1 is 1.22 bits per heavy atom. The first-order chi connectivity index (χ1) is 8.50. The quantitative estimate of drug-likeness (QED) is 0.817. The molecule has 0 fully saturated rings. The van der Waals surface area contributed by atoms with Gasteiger partial charge in [-0.05, 0) is 42.3 Å². The second-order valence-electron chi connectivity index (χ2n) is 4.13. The number of rotatable bonds is 2. The summed E-state index contributed by atoms with van der Waals surface area (Å²) in [6, 6.07) is 9.44. The molecule has 0 bridgehead atoms. The maximum Gasteiger partial charge on any atom is 0.126 e. The number of aliphatic hydroxyl groups is 1. The van der Waals surface area contributed by atoms with Crippen LogP contribution in [0.1, 0.15) is 22.8 Å². The van der Waals surface area contributed by atoms with E-state index in [9.17, 15) is 9.50 Å². The molecule has 0 aliphatic heterocycles. The number of hydrogen-bond acceptors (Lipinski definition) is 2. The Hall–Kier alpha value is -1.58. The fourth-order valence-electron chi connectivity index (χ4n) is 1.87. The topological polar surface area (TPSA) is 46.2 Å². The van der Waals surface area contributed by atoms with Gasteiger partial charge in [-0.25, -0.2) is 4.39 Å². The van der Waals surface area contributed by atoms with Crippen LogP contribution in [0.15, 0.2) is 36.4 Å². The van der Waals surface area contributed by atoms with E-state index in [1.165, 1.54) is 6.07 Å². The molecule has 0 saturated carbocycles. The number of nitrogen functional groups attached to an aromatic ring is 1. The van der Waals surface area contributed by atoms with Crippen LogP contribution in [-0.4, -0.2) is 5.11 Å². The smallest absolute Gasteiger partial charge is 0.126 e. The molecular formula is C14H13ClFNO. The van der Waals surface area contributed by atoms with E-state index in [1.807, 2.05) is 0 Å². The lowest BCUT2D eigenvalue weighted by Gasteiger charge is -2.16. The van der Waals surface area contributed by atoms with Crippen molar-refractivity contribution in [3.05, 3.63) is 63.9 Å². The van der Waals surface area contributed by atoms with Crippen molar-refractivity contribution in [2.75, 3.05) is 5.73 Å². The molecule has 0 aromatic heterocycles. The van der Waals surface area contributed by atoms with E-state index in [-0.39, 0.29) is 5.82 Å². The summed E-state index contributed by atoms with van der Waals surface area (Å²) in [5.74, 6) is -0.354. The Morgan fingerprint density at radius 2 is 1.94 bits per heavy atom. The first-order valence-electron chi connectivity index (χ1n) is 5.48. The second kappa shape index (κ2) is 4.96. The standard InChI is InChI=1S/C14H13ClFNO/c1-8-10(3-2-4-12(8)16)14(18)11-7-9(15)5-6-13(11)17/h2-7,14,18H,17H2,1H3/t14-/m0/s1. The molecule has 2 rings (SSSR count). The Balaban J connectivity index is 2.51. The predicted molar refractivity (Wildman–Crippen MR) is 71.1 cm³/mol. The van der Waals surface area contributed by atoms with Gasteiger partial charge in [0.2, 0.25) is 0 Å². The lowest BCUT2D eigenvalue weighted by atomic mass is 9.96. The van der Waals surface area contributed by atoms with Crippen LogP contribution < -0.4 is 5.73 Å². The Labute approximate surface area is 110 Å². The lowest BCUT2D eigenvalue weighted by Crippen LogP contribution is -2.06. The van der Waals surface area contributed by atoms with Gasteiger partial charge < -0.3 is 10.8 Å². The summed E-state index contributed by atoms with van der Waals surface area (Å²) in [7, 11) is 0. The third-order valence-electron chi connectivity index (χ3n) is 2.95. The minimum Gasteiger partial charge on any atom is -0.398 e. The van der Waals surface area contributed by atoms with Crippen LogP contribution in [0.2, 0.25) is 5.02 Å². The molecule has 94 valence electrons. The highest BCUT2D eigenvalue weighted by molar-refractivity contribution is 6.30. The third-order valence-corrected chi connectivity index (χ3v) is 3.18. The van der Waals surface area contributed by atoms with E-state index >= 15 is 0 Å². The molecule has 0 saturated heterocycles. The van der Waals surface area contributed by atoms with Crippen LogP contribution in [0.25, 0.3) is 0 Å². The number of hydrogen-bond donors (Lipinski definition) is 2. The van der Waals surface area contributed by atoms with Crippen molar-refractivity contribution in [1.82, 2.24) is 0 Å². The van der Waals surface area contributed by atoms with Gasteiger partial charge >= 0.3 is 0 Å². The first kappa shape index (κ1) is 12.9. The molecule has 0 aliphatic rings. The molecule has 0 unspecified atom stereocenters. The highest BCUT2D eigenvalue weighted by Crippen LogP contribution is 2.31. The minimum atomic E-state index is -0.987. The summed E-state index contributed by atoms with van der Waals surface area (Å²) in [6.45, 7) is 1.62. The van der Waals surface area contributed by atoms with Gasteiger partial charge in [-0.2, -0.15) is 0 Å². The monoisotopic (exact) mass is 265 g/mol. The molecule has 18 heavy (non-hydrogen) atoms. The van der Waals surface area contributed by atoms with Crippen LogP contribution in [0, 0.1) is 12.7 Å². The number of benzene rings is 2. The van der Waals surface area contributed by atoms with E-state index < -0.39 is 6.10 Å².